The molecule has 0 aliphatic carbocycles. The van der Waals surface area contributed by atoms with E-state index in [1.165, 1.54) is 18.2 Å². The number of nitriles is 1. The fourth-order valence-corrected chi connectivity index (χ4v) is 1.87. The van der Waals surface area contributed by atoms with E-state index in [1.54, 1.807) is 24.3 Å². The third-order valence-electron chi connectivity index (χ3n) is 2.70. The molecule has 0 spiro atoms. The van der Waals surface area contributed by atoms with E-state index in [0.717, 1.165) is 6.07 Å². The van der Waals surface area contributed by atoms with E-state index in [2.05, 4.69) is 0 Å². The fraction of sp³-hybridized carbons (Fsp3) is 0.0667. The number of nitrogens with zero attached hydrogens (tertiary/aromatic N) is 1. The van der Waals surface area contributed by atoms with E-state index in [-0.39, 0.29) is 5.56 Å². The third kappa shape index (κ3) is 2.98. The highest BCUT2D eigenvalue weighted by atomic mass is 35.5. The van der Waals surface area contributed by atoms with Crippen molar-refractivity contribution < 1.29 is 9.18 Å². The summed E-state index contributed by atoms with van der Waals surface area (Å²) in [7, 11) is 0. The average molecular weight is 274 g/mol. The lowest BCUT2D eigenvalue weighted by atomic mass is 9.92. The minimum atomic E-state index is -0.959. The maximum atomic E-state index is 13.1. The summed E-state index contributed by atoms with van der Waals surface area (Å²) in [5, 5.41) is 9.68. The van der Waals surface area contributed by atoms with Gasteiger partial charge in [-0.2, -0.15) is 5.26 Å². The van der Waals surface area contributed by atoms with Crippen LogP contribution in [0.2, 0.25) is 5.02 Å². The van der Waals surface area contributed by atoms with E-state index in [9.17, 15) is 9.18 Å². The van der Waals surface area contributed by atoms with Gasteiger partial charge >= 0.3 is 0 Å². The van der Waals surface area contributed by atoms with Crippen LogP contribution in [0, 0.1) is 17.1 Å². The zero-order chi connectivity index (χ0) is 13.8. The van der Waals surface area contributed by atoms with Crippen molar-refractivity contribution in [2.45, 2.75) is 5.92 Å². The number of ketones is 1. The van der Waals surface area contributed by atoms with E-state index in [0.29, 0.717) is 10.6 Å². The van der Waals surface area contributed by atoms with Crippen LogP contribution in [0.15, 0.2) is 48.5 Å². The third-order valence-corrected chi connectivity index (χ3v) is 2.96. The molecule has 1 atom stereocenters. The van der Waals surface area contributed by atoms with Crippen molar-refractivity contribution in [2.24, 2.45) is 0 Å². The lowest BCUT2D eigenvalue weighted by Crippen LogP contribution is -2.11. The summed E-state index contributed by atoms with van der Waals surface area (Å²) in [6, 6.07) is 13.7. The molecular weight excluding hydrogens is 265 g/mol. The smallest absolute Gasteiger partial charge is 0.184 e. The maximum Gasteiger partial charge on any atom is 0.184 e. The van der Waals surface area contributed by atoms with Crippen LogP contribution in [0.5, 0.6) is 0 Å². The molecule has 0 saturated heterocycles. The molecule has 0 N–H and O–H groups in total. The van der Waals surface area contributed by atoms with Gasteiger partial charge in [0.1, 0.15) is 11.7 Å². The molecule has 0 fully saturated rings. The normalized spacial score (nSPS) is 11.6. The van der Waals surface area contributed by atoms with Gasteiger partial charge in [-0.15, -0.1) is 0 Å². The number of benzene rings is 2. The lowest BCUT2D eigenvalue weighted by molar-refractivity contribution is 0.0978. The number of carbonyl (C=O) groups excluding carboxylic acids is 1. The van der Waals surface area contributed by atoms with Crippen molar-refractivity contribution in [2.75, 3.05) is 0 Å². The second-order valence-corrected chi connectivity index (χ2v) is 4.42. The first-order chi connectivity index (χ1) is 9.11. The minimum Gasteiger partial charge on any atom is -0.292 e. The Hall–Kier alpha value is -2.18. The van der Waals surface area contributed by atoms with Gasteiger partial charge in [-0.25, -0.2) is 4.39 Å². The van der Waals surface area contributed by atoms with Crippen molar-refractivity contribution >= 4 is 17.4 Å². The van der Waals surface area contributed by atoms with Crippen molar-refractivity contribution in [3.8, 4) is 6.07 Å². The summed E-state index contributed by atoms with van der Waals surface area (Å²) in [6.07, 6.45) is 0. The molecule has 2 nitrogen and oxygen atoms in total. The number of hydrogen-bond acceptors (Lipinski definition) is 2. The molecule has 2 aromatic rings. The predicted octanol–water partition coefficient (Wildman–Crippen LogP) is 3.97. The molecule has 2 rings (SSSR count). The van der Waals surface area contributed by atoms with Gasteiger partial charge in [0.05, 0.1) is 6.07 Å². The van der Waals surface area contributed by atoms with Crippen molar-refractivity contribution in [3.05, 3.63) is 70.5 Å². The molecule has 0 aromatic heterocycles. The molecule has 19 heavy (non-hydrogen) atoms. The van der Waals surface area contributed by atoms with Gasteiger partial charge in [0.2, 0.25) is 0 Å². The molecule has 0 bridgehead atoms. The standard InChI is InChI=1S/C15H9ClFNO/c16-12-6-4-10(5-7-12)14(9-18)15(19)11-2-1-3-13(17)8-11/h1-8,14H. The van der Waals surface area contributed by atoms with Crippen LogP contribution in [-0.2, 0) is 0 Å². The van der Waals surface area contributed by atoms with Gasteiger partial charge in [0.25, 0.3) is 0 Å². The summed E-state index contributed by atoms with van der Waals surface area (Å²) < 4.78 is 13.1. The number of Topliss-reactive ketones (excluding diaryl/α,β-unsaturated/α-hetero) is 1. The predicted molar refractivity (Wildman–Crippen MR) is 70.5 cm³/mol. The van der Waals surface area contributed by atoms with Gasteiger partial charge in [-0.1, -0.05) is 35.9 Å². The molecule has 0 aliphatic rings. The van der Waals surface area contributed by atoms with E-state index < -0.39 is 17.5 Å². The zero-order valence-corrected chi connectivity index (χ0v) is 10.6. The zero-order valence-electron chi connectivity index (χ0n) is 9.81. The minimum absolute atomic E-state index is 0.182. The topological polar surface area (TPSA) is 40.9 Å². The maximum absolute atomic E-state index is 13.1. The number of carbonyl (C=O) groups is 1. The van der Waals surface area contributed by atoms with E-state index >= 15 is 0 Å². The van der Waals surface area contributed by atoms with Crippen LogP contribution in [-0.4, -0.2) is 5.78 Å². The Balaban J connectivity index is 2.35. The van der Waals surface area contributed by atoms with Crippen LogP contribution in [0.3, 0.4) is 0 Å². The quantitative estimate of drug-likeness (QED) is 0.794. The Kier molecular flexibility index (Phi) is 3.94. The van der Waals surface area contributed by atoms with Crippen molar-refractivity contribution in [1.29, 1.82) is 5.26 Å². The van der Waals surface area contributed by atoms with Crippen LogP contribution in [0.1, 0.15) is 21.8 Å². The molecule has 0 aliphatic heterocycles. The SMILES string of the molecule is N#CC(C(=O)c1cccc(F)c1)c1ccc(Cl)cc1. The Morgan fingerprint density at radius 2 is 1.89 bits per heavy atom. The Labute approximate surface area is 115 Å². The van der Waals surface area contributed by atoms with Crippen molar-refractivity contribution in [3.63, 3.8) is 0 Å². The Morgan fingerprint density at radius 3 is 2.47 bits per heavy atom. The molecular formula is C15H9ClFNO. The largest absolute Gasteiger partial charge is 0.292 e. The number of hydrogen-bond donors (Lipinski definition) is 0. The van der Waals surface area contributed by atoms with Crippen LogP contribution < -0.4 is 0 Å². The molecule has 0 amide bonds. The first-order valence-corrected chi connectivity index (χ1v) is 5.94. The number of halogens is 2. The molecule has 0 radical (unpaired) electrons. The summed E-state index contributed by atoms with van der Waals surface area (Å²) in [6.45, 7) is 0. The first-order valence-electron chi connectivity index (χ1n) is 5.56. The highest BCUT2D eigenvalue weighted by Crippen LogP contribution is 2.22. The molecule has 0 saturated carbocycles. The second-order valence-electron chi connectivity index (χ2n) is 3.99. The van der Waals surface area contributed by atoms with Gasteiger partial charge in [0.15, 0.2) is 5.78 Å². The molecule has 4 heteroatoms. The first kappa shape index (κ1) is 13.3. The second kappa shape index (κ2) is 5.64. The van der Waals surface area contributed by atoms with Crippen molar-refractivity contribution in [1.82, 2.24) is 0 Å². The van der Waals surface area contributed by atoms with Gasteiger partial charge in [-0.05, 0) is 29.8 Å². The van der Waals surface area contributed by atoms with Gasteiger partial charge in [-0.3, -0.25) is 4.79 Å². The summed E-state index contributed by atoms with van der Waals surface area (Å²) in [5.74, 6) is -1.89. The Bertz CT molecular complexity index is 646. The van der Waals surface area contributed by atoms with E-state index in [4.69, 9.17) is 16.9 Å². The van der Waals surface area contributed by atoms with Crippen LogP contribution in [0.4, 0.5) is 4.39 Å². The molecule has 94 valence electrons. The van der Waals surface area contributed by atoms with Gasteiger partial charge < -0.3 is 0 Å². The molecule has 2 aromatic carbocycles. The highest BCUT2D eigenvalue weighted by Gasteiger charge is 2.21. The average Bonchev–Trinajstić information content (AvgIpc) is 2.41. The summed E-state index contributed by atoms with van der Waals surface area (Å²) in [5.41, 5.74) is 0.725. The van der Waals surface area contributed by atoms with Crippen LogP contribution in [0.25, 0.3) is 0 Å². The highest BCUT2D eigenvalue weighted by molar-refractivity contribution is 6.30. The summed E-state index contributed by atoms with van der Waals surface area (Å²) >= 11 is 5.76. The Morgan fingerprint density at radius 1 is 1.21 bits per heavy atom. The lowest BCUT2D eigenvalue weighted by Gasteiger charge is -2.08. The van der Waals surface area contributed by atoms with Crippen LogP contribution >= 0.6 is 11.6 Å². The summed E-state index contributed by atoms with van der Waals surface area (Å²) in [4.78, 5) is 12.2. The fourth-order valence-electron chi connectivity index (χ4n) is 1.75. The van der Waals surface area contributed by atoms with E-state index in [1.807, 2.05) is 6.07 Å². The number of rotatable bonds is 3. The van der Waals surface area contributed by atoms with Gasteiger partial charge in [0, 0.05) is 10.6 Å². The monoisotopic (exact) mass is 273 g/mol. The molecule has 1 unspecified atom stereocenters. The molecule has 0 heterocycles.